The van der Waals surface area contributed by atoms with E-state index >= 15 is 0 Å². The average Bonchev–Trinajstić information content (AvgIpc) is 3.40. The summed E-state index contributed by atoms with van der Waals surface area (Å²) in [5.74, 6) is 1.16. The number of nitrogens with zero attached hydrogens (tertiary/aromatic N) is 1. The van der Waals surface area contributed by atoms with Gasteiger partial charge < -0.3 is 5.32 Å². The van der Waals surface area contributed by atoms with Crippen molar-refractivity contribution < 1.29 is 0 Å². The molecule has 1 aliphatic heterocycles. The summed E-state index contributed by atoms with van der Waals surface area (Å²) < 4.78 is 0. The zero-order chi connectivity index (χ0) is 26.4. The van der Waals surface area contributed by atoms with Crippen LogP contribution in [-0.2, 0) is 0 Å². The van der Waals surface area contributed by atoms with E-state index in [2.05, 4.69) is 168 Å². The Bertz CT molecular complexity index is 1390. The van der Waals surface area contributed by atoms with Crippen molar-refractivity contribution in [3.8, 4) is 0 Å². The van der Waals surface area contributed by atoms with Crippen LogP contribution in [-0.4, -0.2) is 6.54 Å². The summed E-state index contributed by atoms with van der Waals surface area (Å²) in [4.78, 5) is 2.34. The van der Waals surface area contributed by atoms with E-state index in [4.69, 9.17) is 0 Å². The summed E-state index contributed by atoms with van der Waals surface area (Å²) in [6, 6.07) is 54.7. The largest absolute Gasteiger partial charge is 0.365 e. The number of hydrogen-bond acceptors (Lipinski definition) is 2. The van der Waals surface area contributed by atoms with Crippen molar-refractivity contribution in [2.24, 2.45) is 0 Å². The van der Waals surface area contributed by atoms with Crippen LogP contribution in [0, 0.1) is 0 Å². The van der Waals surface area contributed by atoms with Gasteiger partial charge in [0.2, 0.25) is 0 Å². The third kappa shape index (κ3) is 5.32. The van der Waals surface area contributed by atoms with Crippen LogP contribution in [0.5, 0.6) is 0 Å². The quantitative estimate of drug-likeness (QED) is 0.224. The molecule has 0 aliphatic carbocycles. The lowest BCUT2D eigenvalue weighted by molar-refractivity contribution is 0.972. The van der Waals surface area contributed by atoms with Crippen LogP contribution >= 0.6 is 15.8 Å². The van der Waals surface area contributed by atoms with Crippen molar-refractivity contribution in [1.82, 2.24) is 5.32 Å². The smallest absolute Gasteiger partial charge is 0.120 e. The normalized spacial score (nSPS) is 13.1. The van der Waals surface area contributed by atoms with Crippen molar-refractivity contribution in [3.63, 3.8) is 0 Å². The Kier molecular flexibility index (Phi) is 7.68. The monoisotopic (exact) mass is 540 g/mol. The van der Waals surface area contributed by atoms with Gasteiger partial charge in [-0.1, -0.05) is 146 Å². The second kappa shape index (κ2) is 11.8. The molecular weight excluding hydrogens is 510 g/mol. The molecule has 0 unspecified atom stereocenters. The molecular formula is C35H30N2P2. The Morgan fingerprint density at radius 2 is 0.846 bits per heavy atom. The van der Waals surface area contributed by atoms with Crippen LogP contribution in [0.2, 0.25) is 0 Å². The van der Waals surface area contributed by atoms with Crippen LogP contribution in [0.25, 0.3) is 0 Å². The minimum atomic E-state index is -0.885. The summed E-state index contributed by atoms with van der Waals surface area (Å²) in [6.07, 6.45) is 0. The highest BCUT2D eigenvalue weighted by atomic mass is 31.2. The molecule has 0 radical (unpaired) electrons. The Balaban J connectivity index is 1.70. The van der Waals surface area contributed by atoms with Crippen LogP contribution in [0.3, 0.4) is 0 Å². The van der Waals surface area contributed by atoms with E-state index in [0.717, 1.165) is 17.2 Å². The lowest BCUT2D eigenvalue weighted by Crippen LogP contribution is -2.26. The van der Waals surface area contributed by atoms with E-state index in [0.29, 0.717) is 6.54 Å². The first kappa shape index (κ1) is 25.3. The van der Waals surface area contributed by atoms with E-state index in [9.17, 15) is 0 Å². The fraction of sp³-hybridized carbons (Fsp3) is 0.0286. The predicted molar refractivity (Wildman–Crippen MR) is 171 cm³/mol. The van der Waals surface area contributed by atoms with Crippen LogP contribution in [0.15, 0.2) is 175 Å². The molecule has 1 aliphatic rings. The van der Waals surface area contributed by atoms with Gasteiger partial charge in [-0.3, -0.25) is 4.90 Å². The minimum absolute atomic E-state index is 0.716. The number of nitrogens with one attached hydrogen (secondary N) is 1. The molecule has 0 spiro atoms. The Morgan fingerprint density at radius 1 is 0.513 bits per heavy atom. The van der Waals surface area contributed by atoms with E-state index in [1.165, 1.54) is 26.3 Å². The lowest BCUT2D eigenvalue weighted by Gasteiger charge is -2.34. The van der Waals surface area contributed by atoms with E-state index in [1.807, 2.05) is 0 Å². The molecule has 190 valence electrons. The molecule has 5 aromatic rings. The molecule has 0 saturated carbocycles. The molecule has 1 fully saturated rings. The standard InChI is InChI=1S/C35H30N2P2/c1-28-27-36-34(37(28)29-17-7-2-8-18-29)35(38(30-19-9-3-10-20-30)31-21-11-4-12-22-31)39(32-23-13-5-14-24-32)33-25-15-6-16-26-33/h2-26,36H,1,27H2. The fourth-order valence-corrected chi connectivity index (χ4v) is 11.4. The van der Waals surface area contributed by atoms with Crippen molar-refractivity contribution in [3.05, 3.63) is 175 Å². The molecule has 5 aromatic carbocycles. The Labute approximate surface area is 233 Å². The molecule has 1 saturated heterocycles. The van der Waals surface area contributed by atoms with Gasteiger partial charge in [0.15, 0.2) is 0 Å². The van der Waals surface area contributed by atoms with Crippen LogP contribution in [0.4, 0.5) is 5.69 Å². The van der Waals surface area contributed by atoms with Crippen molar-refractivity contribution in [2.45, 2.75) is 0 Å². The van der Waals surface area contributed by atoms with Gasteiger partial charge in [-0.2, -0.15) is 0 Å². The van der Waals surface area contributed by atoms with Gasteiger partial charge in [-0.15, -0.1) is 0 Å². The average molecular weight is 541 g/mol. The van der Waals surface area contributed by atoms with Crippen molar-refractivity contribution >= 4 is 42.7 Å². The molecule has 1 N–H and O–H groups in total. The zero-order valence-corrected chi connectivity index (χ0v) is 23.5. The first-order valence-electron chi connectivity index (χ1n) is 13.1. The molecule has 0 amide bonds. The first-order chi connectivity index (χ1) is 19.3. The van der Waals surface area contributed by atoms with Crippen LogP contribution in [0.1, 0.15) is 0 Å². The van der Waals surface area contributed by atoms with Crippen LogP contribution < -0.4 is 31.4 Å². The minimum Gasteiger partial charge on any atom is -0.365 e. The highest BCUT2D eigenvalue weighted by Gasteiger charge is 2.36. The predicted octanol–water partition coefficient (Wildman–Crippen LogP) is 7.00. The summed E-state index contributed by atoms with van der Waals surface area (Å²) >= 11 is 0. The number of anilines is 1. The topological polar surface area (TPSA) is 15.3 Å². The molecule has 2 nitrogen and oxygen atoms in total. The first-order valence-corrected chi connectivity index (χ1v) is 15.8. The molecule has 0 aromatic heterocycles. The van der Waals surface area contributed by atoms with E-state index in [-0.39, 0.29) is 0 Å². The van der Waals surface area contributed by atoms with E-state index in [1.54, 1.807) is 0 Å². The van der Waals surface area contributed by atoms with Gasteiger partial charge in [0.05, 0.1) is 6.54 Å². The highest BCUT2D eigenvalue weighted by molar-refractivity contribution is 7.94. The summed E-state index contributed by atoms with van der Waals surface area (Å²) in [6.45, 7) is 5.21. The number of hydrogen-bond donors (Lipinski definition) is 1. The fourth-order valence-electron chi connectivity index (χ4n) is 4.98. The number of para-hydroxylation sites is 1. The zero-order valence-electron chi connectivity index (χ0n) is 21.7. The third-order valence-corrected chi connectivity index (χ3v) is 12.4. The maximum Gasteiger partial charge on any atom is 0.120 e. The lowest BCUT2D eigenvalue weighted by atomic mass is 10.3. The van der Waals surface area contributed by atoms with Gasteiger partial charge in [-0.05, 0) is 49.2 Å². The molecule has 4 heteroatoms. The van der Waals surface area contributed by atoms with Gasteiger partial charge in [0, 0.05) is 16.4 Å². The summed E-state index contributed by atoms with van der Waals surface area (Å²) in [7, 11) is -1.77. The second-order valence-electron chi connectivity index (χ2n) is 9.28. The third-order valence-electron chi connectivity index (χ3n) is 6.71. The highest BCUT2D eigenvalue weighted by Crippen LogP contribution is 2.62. The Morgan fingerprint density at radius 3 is 1.21 bits per heavy atom. The molecule has 39 heavy (non-hydrogen) atoms. The van der Waals surface area contributed by atoms with E-state index < -0.39 is 15.8 Å². The number of rotatable bonds is 7. The molecule has 6 rings (SSSR count). The molecule has 1 heterocycles. The number of benzene rings is 5. The second-order valence-corrected chi connectivity index (χ2v) is 13.9. The summed E-state index contributed by atoms with van der Waals surface area (Å²) in [5.41, 5.74) is 2.19. The molecule has 0 bridgehead atoms. The van der Waals surface area contributed by atoms with Gasteiger partial charge in [-0.25, -0.2) is 0 Å². The molecule has 0 atom stereocenters. The Hall–Kier alpha value is -3.96. The summed E-state index contributed by atoms with van der Waals surface area (Å²) in [5, 5.41) is 10.6. The SMILES string of the molecule is C=C1CNC(=C(P(c2ccccc2)c2ccccc2)P(c2ccccc2)c2ccccc2)N1c1ccccc1. The van der Waals surface area contributed by atoms with Gasteiger partial charge in [0.1, 0.15) is 5.82 Å². The maximum absolute atomic E-state index is 4.50. The van der Waals surface area contributed by atoms with Gasteiger partial charge >= 0.3 is 0 Å². The van der Waals surface area contributed by atoms with Gasteiger partial charge in [0.25, 0.3) is 0 Å². The maximum atomic E-state index is 4.50. The van der Waals surface area contributed by atoms with Crippen molar-refractivity contribution in [1.29, 1.82) is 0 Å². The van der Waals surface area contributed by atoms with Crippen molar-refractivity contribution in [2.75, 3.05) is 11.4 Å².